The molecule has 1 fully saturated rings. The van der Waals surface area contributed by atoms with E-state index >= 15 is 0 Å². The Morgan fingerprint density at radius 2 is 1.92 bits per heavy atom. The summed E-state index contributed by atoms with van der Waals surface area (Å²) in [7, 11) is -3.49. The highest BCUT2D eigenvalue weighted by Crippen LogP contribution is 2.32. The van der Waals surface area contributed by atoms with Gasteiger partial charge in [0.25, 0.3) is 0 Å². The van der Waals surface area contributed by atoms with Crippen LogP contribution in [-0.2, 0) is 23.1 Å². The maximum Gasteiger partial charge on any atom is 0.246 e. The lowest BCUT2D eigenvalue weighted by Gasteiger charge is -2.31. The Labute approximate surface area is 159 Å². The van der Waals surface area contributed by atoms with Crippen LogP contribution in [0.1, 0.15) is 41.9 Å². The summed E-state index contributed by atoms with van der Waals surface area (Å²) in [4.78, 5) is 0.286. The average Bonchev–Trinajstić information content (AvgIpc) is 3.18. The van der Waals surface area contributed by atoms with E-state index in [9.17, 15) is 8.42 Å². The Hall–Kier alpha value is -1.42. The quantitative estimate of drug-likeness (QED) is 0.839. The van der Waals surface area contributed by atoms with E-state index in [1.165, 1.54) is 0 Å². The zero-order valence-electron chi connectivity index (χ0n) is 14.9. The third-order valence-corrected chi connectivity index (χ3v) is 7.09. The summed E-state index contributed by atoms with van der Waals surface area (Å²) in [5.74, 6) is 3.32. The second-order valence-corrected chi connectivity index (χ2v) is 8.67. The molecule has 1 saturated heterocycles. The number of nitrogens with one attached hydrogen (secondary N) is 1. The highest BCUT2D eigenvalue weighted by Gasteiger charge is 2.34. The van der Waals surface area contributed by atoms with Crippen molar-refractivity contribution < 1.29 is 12.8 Å². The topological polar surface area (TPSA) is 93.3 Å². The van der Waals surface area contributed by atoms with Gasteiger partial charge in [-0.05, 0) is 32.8 Å². The highest BCUT2D eigenvalue weighted by atomic mass is 35.5. The van der Waals surface area contributed by atoms with Crippen molar-refractivity contribution in [1.29, 1.82) is 0 Å². The van der Waals surface area contributed by atoms with Crippen molar-refractivity contribution in [2.75, 3.05) is 19.6 Å². The SMILES string of the molecule is Cc1cc(S(=O)(=O)N2CCC(c3nnc4n3CCNC4)CC2)c(C)o1.Cl. The van der Waals surface area contributed by atoms with Gasteiger partial charge in [-0.1, -0.05) is 0 Å². The van der Waals surface area contributed by atoms with Crippen LogP contribution in [0.25, 0.3) is 0 Å². The monoisotopic (exact) mass is 401 g/mol. The van der Waals surface area contributed by atoms with Crippen molar-refractivity contribution in [3.05, 3.63) is 29.2 Å². The maximum absolute atomic E-state index is 12.9. The first-order chi connectivity index (χ1) is 12.0. The van der Waals surface area contributed by atoms with Gasteiger partial charge in [0.1, 0.15) is 28.1 Å². The number of piperidine rings is 1. The molecule has 2 aliphatic heterocycles. The Balaban J connectivity index is 0.00000196. The van der Waals surface area contributed by atoms with Crippen molar-refractivity contribution in [1.82, 2.24) is 24.4 Å². The molecule has 1 N–H and O–H groups in total. The number of nitrogens with zero attached hydrogens (tertiary/aromatic N) is 4. The number of fused-ring (bicyclic) bond motifs is 1. The summed E-state index contributed by atoms with van der Waals surface area (Å²) >= 11 is 0. The first kappa shape index (κ1) is 19.3. The average molecular weight is 402 g/mol. The minimum absolute atomic E-state index is 0. The van der Waals surface area contributed by atoms with Gasteiger partial charge in [-0.3, -0.25) is 0 Å². The van der Waals surface area contributed by atoms with Gasteiger partial charge < -0.3 is 14.3 Å². The molecule has 0 aliphatic carbocycles. The molecule has 0 aromatic carbocycles. The van der Waals surface area contributed by atoms with Crippen molar-refractivity contribution >= 4 is 22.4 Å². The molecule has 26 heavy (non-hydrogen) atoms. The van der Waals surface area contributed by atoms with Gasteiger partial charge in [-0.15, -0.1) is 22.6 Å². The van der Waals surface area contributed by atoms with E-state index < -0.39 is 10.0 Å². The van der Waals surface area contributed by atoms with Gasteiger partial charge in [0.05, 0.1) is 6.54 Å². The lowest BCUT2D eigenvalue weighted by atomic mass is 9.97. The molecule has 144 valence electrons. The molecule has 0 radical (unpaired) electrons. The highest BCUT2D eigenvalue weighted by molar-refractivity contribution is 7.89. The summed E-state index contributed by atoms with van der Waals surface area (Å²) in [6.45, 7) is 7.01. The van der Waals surface area contributed by atoms with Crippen LogP contribution in [0.15, 0.2) is 15.4 Å². The predicted octanol–water partition coefficient (Wildman–Crippen LogP) is 1.58. The largest absolute Gasteiger partial charge is 0.465 e. The molecule has 2 aromatic rings. The normalized spacial score (nSPS) is 19.2. The third kappa shape index (κ3) is 3.28. The lowest BCUT2D eigenvalue weighted by Crippen LogP contribution is -2.39. The summed E-state index contributed by atoms with van der Waals surface area (Å²) in [6.07, 6.45) is 1.53. The van der Waals surface area contributed by atoms with Gasteiger partial charge in [-0.2, -0.15) is 4.31 Å². The minimum atomic E-state index is -3.49. The van der Waals surface area contributed by atoms with Gasteiger partial charge in [-0.25, -0.2) is 8.42 Å². The van der Waals surface area contributed by atoms with Gasteiger partial charge in [0.2, 0.25) is 10.0 Å². The van der Waals surface area contributed by atoms with Crippen molar-refractivity contribution in [2.45, 2.75) is 50.6 Å². The minimum Gasteiger partial charge on any atom is -0.465 e. The van der Waals surface area contributed by atoms with E-state index in [1.54, 1.807) is 24.2 Å². The molecule has 0 saturated carbocycles. The van der Waals surface area contributed by atoms with Crippen molar-refractivity contribution in [3.8, 4) is 0 Å². The van der Waals surface area contributed by atoms with E-state index in [-0.39, 0.29) is 23.2 Å². The zero-order valence-corrected chi connectivity index (χ0v) is 16.6. The van der Waals surface area contributed by atoms with Gasteiger partial charge in [0, 0.05) is 32.1 Å². The van der Waals surface area contributed by atoms with E-state index in [1.807, 2.05) is 0 Å². The Morgan fingerprint density at radius 3 is 2.58 bits per heavy atom. The molecule has 10 heteroatoms. The molecule has 0 bridgehead atoms. The van der Waals surface area contributed by atoms with Crippen LogP contribution in [0, 0.1) is 13.8 Å². The number of sulfonamides is 1. The first-order valence-corrected chi connectivity index (χ1v) is 10.1. The Bertz CT molecular complexity index is 884. The van der Waals surface area contributed by atoms with Crippen LogP contribution in [-0.4, -0.2) is 47.1 Å². The van der Waals surface area contributed by atoms with Crippen LogP contribution in [0.2, 0.25) is 0 Å². The van der Waals surface area contributed by atoms with E-state index in [2.05, 4.69) is 20.1 Å². The molecule has 8 nitrogen and oxygen atoms in total. The molecule has 2 aromatic heterocycles. The van der Waals surface area contributed by atoms with Gasteiger partial charge in [0.15, 0.2) is 0 Å². The van der Waals surface area contributed by atoms with Crippen LogP contribution < -0.4 is 5.32 Å². The van der Waals surface area contributed by atoms with Crippen LogP contribution in [0.3, 0.4) is 0 Å². The molecule has 4 rings (SSSR count). The number of halogens is 1. The molecule has 0 unspecified atom stereocenters. The molecule has 4 heterocycles. The number of aromatic nitrogens is 3. The molecule has 2 aliphatic rings. The molecule has 0 amide bonds. The van der Waals surface area contributed by atoms with E-state index in [4.69, 9.17) is 4.42 Å². The predicted molar refractivity (Wildman–Crippen MR) is 97.9 cm³/mol. The van der Waals surface area contributed by atoms with Crippen molar-refractivity contribution in [2.24, 2.45) is 0 Å². The Morgan fingerprint density at radius 1 is 1.19 bits per heavy atom. The first-order valence-electron chi connectivity index (χ1n) is 8.66. The van der Waals surface area contributed by atoms with E-state index in [0.29, 0.717) is 24.6 Å². The number of hydrogen-bond donors (Lipinski definition) is 1. The fourth-order valence-corrected chi connectivity index (χ4v) is 5.46. The molecular formula is C16H24ClN5O3S. The molecule has 0 atom stereocenters. The summed E-state index contributed by atoms with van der Waals surface area (Å²) < 4.78 is 34.9. The molecule has 0 spiro atoms. The van der Waals surface area contributed by atoms with Gasteiger partial charge >= 0.3 is 0 Å². The van der Waals surface area contributed by atoms with E-state index in [0.717, 1.165) is 44.1 Å². The summed E-state index contributed by atoms with van der Waals surface area (Å²) in [6, 6.07) is 1.61. The third-order valence-electron chi connectivity index (χ3n) is 5.08. The number of hydrogen-bond acceptors (Lipinski definition) is 6. The fraction of sp³-hybridized carbons (Fsp3) is 0.625. The summed E-state index contributed by atoms with van der Waals surface area (Å²) in [5.41, 5.74) is 0. The van der Waals surface area contributed by atoms with Crippen LogP contribution in [0.4, 0.5) is 0 Å². The smallest absolute Gasteiger partial charge is 0.246 e. The number of aryl methyl sites for hydroxylation is 2. The second-order valence-electron chi connectivity index (χ2n) is 6.76. The molecular weight excluding hydrogens is 378 g/mol. The maximum atomic E-state index is 12.9. The Kier molecular flexibility index (Phi) is 5.43. The number of rotatable bonds is 3. The van der Waals surface area contributed by atoms with Crippen LogP contribution >= 0.6 is 12.4 Å². The van der Waals surface area contributed by atoms with Crippen LogP contribution in [0.5, 0.6) is 0 Å². The fourth-order valence-electron chi connectivity index (χ4n) is 3.77. The second kappa shape index (κ2) is 7.30. The van der Waals surface area contributed by atoms with Crippen molar-refractivity contribution in [3.63, 3.8) is 0 Å². The summed E-state index contributed by atoms with van der Waals surface area (Å²) in [5, 5.41) is 11.9. The standard InChI is InChI=1S/C16H23N5O3S.ClH/c1-11-9-14(12(2)24-11)25(22,23)20-6-3-13(4-7-20)16-19-18-15-10-17-5-8-21(15)16;/h9,13,17H,3-8,10H2,1-2H3;1H. The number of furan rings is 1. The lowest BCUT2D eigenvalue weighted by molar-refractivity contribution is 0.306. The zero-order chi connectivity index (χ0) is 17.6.